The molecule has 1 saturated carbocycles. The van der Waals surface area contributed by atoms with Crippen molar-refractivity contribution >= 4 is 23.6 Å². The molecule has 2 aliphatic carbocycles. The van der Waals surface area contributed by atoms with E-state index in [0.717, 1.165) is 11.3 Å². The van der Waals surface area contributed by atoms with Gasteiger partial charge in [0.1, 0.15) is 11.8 Å². The lowest BCUT2D eigenvalue weighted by atomic mass is 9.85. The van der Waals surface area contributed by atoms with E-state index in [-0.39, 0.29) is 35.5 Å². The van der Waals surface area contributed by atoms with Crippen LogP contribution in [-0.2, 0) is 19.1 Å². The third-order valence-electron chi connectivity index (χ3n) is 5.97. The fraction of sp³-hybridized carbons (Fsp3) is 0.429. The minimum absolute atomic E-state index is 0.0781. The summed E-state index contributed by atoms with van der Waals surface area (Å²) in [6.07, 6.45) is 4.82. The van der Waals surface area contributed by atoms with Crippen molar-refractivity contribution in [1.29, 1.82) is 0 Å². The Hall–Kier alpha value is -2.96. The molecular weight excluding hydrogens is 362 g/mol. The predicted octanol–water partition coefficient (Wildman–Crippen LogP) is 1.62. The Morgan fingerprint density at radius 2 is 1.79 bits per heavy atom. The molecule has 146 valence electrons. The van der Waals surface area contributed by atoms with E-state index >= 15 is 0 Å². The molecule has 0 N–H and O–H groups in total. The van der Waals surface area contributed by atoms with Crippen molar-refractivity contribution < 1.29 is 28.7 Å². The number of imide groups is 1. The van der Waals surface area contributed by atoms with Gasteiger partial charge in [0.25, 0.3) is 0 Å². The molecule has 5 atom stereocenters. The molecule has 4 rings (SSSR count). The summed E-state index contributed by atoms with van der Waals surface area (Å²) < 4.78 is 10.2. The van der Waals surface area contributed by atoms with Crippen LogP contribution in [0.15, 0.2) is 36.4 Å². The molecule has 28 heavy (non-hydrogen) atoms. The molecular formula is C21H21NO6. The number of methoxy groups -OCH3 is 1. The van der Waals surface area contributed by atoms with Crippen LogP contribution in [0.1, 0.15) is 23.7 Å². The van der Waals surface area contributed by atoms with Gasteiger partial charge in [-0.15, -0.1) is 0 Å². The van der Waals surface area contributed by atoms with E-state index in [9.17, 15) is 19.2 Å². The summed E-state index contributed by atoms with van der Waals surface area (Å²) >= 11 is 0. The third-order valence-corrected chi connectivity index (χ3v) is 5.97. The van der Waals surface area contributed by atoms with Crippen molar-refractivity contribution in [2.24, 2.45) is 23.7 Å². The van der Waals surface area contributed by atoms with Crippen LogP contribution in [0.2, 0.25) is 0 Å². The summed E-state index contributed by atoms with van der Waals surface area (Å²) in [5.41, 5.74) is 0.352. The second kappa shape index (κ2) is 6.89. The summed E-state index contributed by atoms with van der Waals surface area (Å²) in [7, 11) is 1.49. The maximum absolute atomic E-state index is 12.7. The number of nitrogens with zero attached hydrogens (tertiary/aromatic N) is 1. The van der Waals surface area contributed by atoms with Gasteiger partial charge in [-0.25, -0.2) is 4.79 Å². The third kappa shape index (κ3) is 2.82. The van der Waals surface area contributed by atoms with E-state index in [4.69, 9.17) is 9.47 Å². The van der Waals surface area contributed by atoms with Crippen LogP contribution in [0.5, 0.6) is 5.75 Å². The lowest BCUT2D eigenvalue weighted by Crippen LogP contribution is -2.45. The molecule has 1 saturated heterocycles. The largest absolute Gasteiger partial charge is 0.497 e. The maximum Gasteiger partial charge on any atom is 0.329 e. The number of ketones is 1. The fourth-order valence-electron chi connectivity index (χ4n) is 4.55. The minimum atomic E-state index is -1.05. The first-order valence-electron chi connectivity index (χ1n) is 9.31. The lowest BCUT2D eigenvalue weighted by molar-refractivity contribution is -0.157. The van der Waals surface area contributed by atoms with Crippen LogP contribution in [-0.4, -0.2) is 48.2 Å². The number of amides is 2. The second-order valence-electron chi connectivity index (χ2n) is 7.49. The van der Waals surface area contributed by atoms with Gasteiger partial charge in [0.15, 0.2) is 12.4 Å². The number of likely N-dealkylation sites (tertiary alicyclic amines) is 1. The number of ether oxygens (including phenoxy) is 2. The number of hydrogen-bond acceptors (Lipinski definition) is 6. The molecule has 1 aromatic carbocycles. The van der Waals surface area contributed by atoms with Gasteiger partial charge in [-0.1, -0.05) is 24.3 Å². The summed E-state index contributed by atoms with van der Waals surface area (Å²) in [6.45, 7) is 0.997. The average Bonchev–Trinajstić information content (AvgIpc) is 3.39. The summed E-state index contributed by atoms with van der Waals surface area (Å²) in [4.78, 5) is 51.2. The Balaban J connectivity index is 1.39. The molecule has 0 aromatic heterocycles. The van der Waals surface area contributed by atoms with Gasteiger partial charge in [0, 0.05) is 5.56 Å². The zero-order valence-corrected chi connectivity index (χ0v) is 15.7. The quantitative estimate of drug-likeness (QED) is 0.321. The van der Waals surface area contributed by atoms with Crippen molar-refractivity contribution in [2.75, 3.05) is 13.7 Å². The van der Waals surface area contributed by atoms with Crippen LogP contribution in [0.4, 0.5) is 0 Å². The van der Waals surface area contributed by atoms with E-state index in [1.54, 1.807) is 24.3 Å². The van der Waals surface area contributed by atoms with Crippen molar-refractivity contribution in [3.8, 4) is 5.75 Å². The van der Waals surface area contributed by atoms with Gasteiger partial charge < -0.3 is 9.47 Å². The highest BCUT2D eigenvalue weighted by Crippen LogP contribution is 2.52. The second-order valence-corrected chi connectivity index (χ2v) is 7.49. The fourth-order valence-corrected chi connectivity index (χ4v) is 4.55. The average molecular weight is 383 g/mol. The Labute approximate surface area is 162 Å². The van der Waals surface area contributed by atoms with Gasteiger partial charge in [-0.2, -0.15) is 0 Å². The Morgan fingerprint density at radius 3 is 2.39 bits per heavy atom. The van der Waals surface area contributed by atoms with Crippen LogP contribution in [0.3, 0.4) is 0 Å². The monoisotopic (exact) mass is 383 g/mol. The van der Waals surface area contributed by atoms with Gasteiger partial charge in [-0.05, 0) is 37.3 Å². The number of fused-ring (bicyclic) bond motifs is 5. The molecule has 1 aromatic rings. The van der Waals surface area contributed by atoms with E-state index in [2.05, 4.69) is 0 Å². The maximum atomic E-state index is 12.7. The van der Waals surface area contributed by atoms with E-state index in [0.29, 0.717) is 11.3 Å². The first-order chi connectivity index (χ1) is 13.4. The smallest absolute Gasteiger partial charge is 0.329 e. The van der Waals surface area contributed by atoms with Crippen molar-refractivity contribution in [3.63, 3.8) is 0 Å². The summed E-state index contributed by atoms with van der Waals surface area (Å²) in [5.74, 6) is -1.83. The number of carbonyl (C=O) groups excluding carboxylic acids is 4. The molecule has 2 bridgehead atoms. The van der Waals surface area contributed by atoms with Crippen LogP contribution >= 0.6 is 0 Å². The Kier molecular flexibility index (Phi) is 4.53. The molecule has 7 heteroatoms. The molecule has 7 nitrogen and oxygen atoms in total. The number of esters is 1. The minimum Gasteiger partial charge on any atom is -0.497 e. The molecule has 1 heterocycles. The van der Waals surface area contributed by atoms with Gasteiger partial charge >= 0.3 is 5.97 Å². The predicted molar refractivity (Wildman–Crippen MR) is 97.3 cm³/mol. The highest BCUT2D eigenvalue weighted by atomic mass is 16.5. The molecule has 3 aliphatic rings. The number of benzene rings is 1. The number of rotatable bonds is 6. The number of hydrogen-bond donors (Lipinski definition) is 0. The first-order valence-corrected chi connectivity index (χ1v) is 9.31. The van der Waals surface area contributed by atoms with Crippen LogP contribution in [0, 0.1) is 23.7 Å². The van der Waals surface area contributed by atoms with E-state index < -0.39 is 24.4 Å². The molecule has 1 aliphatic heterocycles. The van der Waals surface area contributed by atoms with Gasteiger partial charge in [0.05, 0.1) is 18.9 Å². The molecule has 0 spiro atoms. The van der Waals surface area contributed by atoms with E-state index in [1.807, 2.05) is 12.2 Å². The first kappa shape index (κ1) is 18.4. The zero-order valence-electron chi connectivity index (χ0n) is 15.7. The lowest BCUT2D eigenvalue weighted by Gasteiger charge is -2.23. The number of Topliss-reactive ketones (excluding diaryl/α,β-unsaturated/α-hetero) is 1. The normalized spacial score (nSPS) is 28.4. The van der Waals surface area contributed by atoms with Crippen molar-refractivity contribution in [3.05, 3.63) is 42.0 Å². The van der Waals surface area contributed by atoms with Crippen molar-refractivity contribution in [2.45, 2.75) is 19.4 Å². The van der Waals surface area contributed by atoms with Gasteiger partial charge in [0.2, 0.25) is 11.8 Å². The van der Waals surface area contributed by atoms with Crippen LogP contribution in [0.25, 0.3) is 0 Å². The Bertz CT molecular complexity index is 861. The molecule has 2 fully saturated rings. The molecule has 0 radical (unpaired) electrons. The summed E-state index contributed by atoms with van der Waals surface area (Å²) in [6, 6.07) is 5.47. The highest BCUT2D eigenvalue weighted by Gasteiger charge is 2.60. The zero-order chi connectivity index (χ0) is 20.0. The highest BCUT2D eigenvalue weighted by molar-refractivity contribution is 6.09. The molecule has 2 amide bonds. The van der Waals surface area contributed by atoms with Gasteiger partial charge in [-0.3, -0.25) is 19.3 Å². The standard InChI is InChI=1S/C21H21NO6/c1-11(21(26)28-10-16(23)12-4-3-5-15(9-12)27-2)22-19(24)17-13-6-7-14(8-13)18(17)20(22)25/h3-7,9,11,13-14,17-18H,8,10H2,1-2H3/t11-,13-,14+,17-,18-/m0/s1. The summed E-state index contributed by atoms with van der Waals surface area (Å²) in [5, 5.41) is 0. The molecule has 0 unspecified atom stereocenters. The number of allylic oxidation sites excluding steroid dienone is 2. The van der Waals surface area contributed by atoms with Crippen molar-refractivity contribution in [1.82, 2.24) is 4.90 Å². The van der Waals surface area contributed by atoms with Crippen LogP contribution < -0.4 is 4.74 Å². The number of carbonyl (C=O) groups is 4. The topological polar surface area (TPSA) is 90.0 Å². The Morgan fingerprint density at radius 1 is 1.14 bits per heavy atom. The SMILES string of the molecule is COc1cccc(C(=O)COC(=O)[C@H](C)N2C(=O)[C@@H]3[C@@H](C2=O)[C@H]2C=C[C@@H]3C2)c1. The van der Waals surface area contributed by atoms with E-state index in [1.165, 1.54) is 14.0 Å².